The number of hydrogen-bond donors (Lipinski definition) is 1. The molecule has 0 saturated carbocycles. The highest BCUT2D eigenvalue weighted by Gasteiger charge is 2.11. The molecule has 0 aliphatic carbocycles. The van der Waals surface area contributed by atoms with Crippen molar-refractivity contribution in [2.75, 3.05) is 13.2 Å². The highest BCUT2D eigenvalue weighted by atomic mass is 35.5. The molecule has 1 aliphatic rings. The maximum absolute atomic E-state index is 11.9. The van der Waals surface area contributed by atoms with Crippen LogP contribution in [0.25, 0.3) is 6.08 Å². The summed E-state index contributed by atoms with van der Waals surface area (Å²) in [6.07, 6.45) is 3.06. The summed E-state index contributed by atoms with van der Waals surface area (Å²) >= 11 is 12.0. The predicted octanol–water partition coefficient (Wildman–Crippen LogP) is 4.09. The second kappa shape index (κ2) is 7.60. The van der Waals surface area contributed by atoms with Gasteiger partial charge in [0.25, 0.3) is 0 Å². The van der Waals surface area contributed by atoms with Gasteiger partial charge in [-0.25, -0.2) is 0 Å². The molecule has 0 radical (unpaired) electrons. The van der Waals surface area contributed by atoms with E-state index in [0.29, 0.717) is 41.1 Å². The van der Waals surface area contributed by atoms with Crippen LogP contribution in [0.15, 0.2) is 42.5 Å². The van der Waals surface area contributed by atoms with Crippen molar-refractivity contribution in [1.82, 2.24) is 5.32 Å². The van der Waals surface area contributed by atoms with Gasteiger partial charge in [0, 0.05) is 12.6 Å². The highest BCUT2D eigenvalue weighted by molar-refractivity contribution is 6.42. The van der Waals surface area contributed by atoms with Crippen molar-refractivity contribution in [3.8, 4) is 11.5 Å². The van der Waals surface area contributed by atoms with Gasteiger partial charge in [0.05, 0.1) is 10.0 Å². The van der Waals surface area contributed by atoms with Crippen LogP contribution in [-0.2, 0) is 11.3 Å². The zero-order valence-electron chi connectivity index (χ0n) is 12.7. The van der Waals surface area contributed by atoms with Crippen molar-refractivity contribution in [2.45, 2.75) is 6.54 Å². The number of amides is 1. The number of rotatable bonds is 4. The zero-order valence-corrected chi connectivity index (χ0v) is 14.2. The van der Waals surface area contributed by atoms with Crippen LogP contribution < -0.4 is 14.8 Å². The Kier molecular flexibility index (Phi) is 5.28. The van der Waals surface area contributed by atoms with E-state index in [0.717, 1.165) is 11.3 Å². The summed E-state index contributed by atoms with van der Waals surface area (Å²) in [7, 11) is 0. The maximum Gasteiger partial charge on any atom is 0.244 e. The predicted molar refractivity (Wildman–Crippen MR) is 94.8 cm³/mol. The number of carbonyl (C=O) groups is 1. The molecule has 3 rings (SSSR count). The maximum atomic E-state index is 11.9. The van der Waals surface area contributed by atoms with E-state index in [1.807, 2.05) is 18.2 Å². The number of halogens is 2. The first-order valence-corrected chi connectivity index (χ1v) is 8.17. The summed E-state index contributed by atoms with van der Waals surface area (Å²) in [5.74, 6) is 1.21. The van der Waals surface area contributed by atoms with E-state index in [1.54, 1.807) is 24.3 Å². The summed E-state index contributed by atoms with van der Waals surface area (Å²) in [6, 6.07) is 10.9. The molecule has 0 aromatic heterocycles. The zero-order chi connectivity index (χ0) is 16.9. The standard InChI is InChI=1S/C18H15Cl2NO3/c19-14-3-1-2-13(18(14)20)5-7-17(22)21-11-12-4-6-15-16(10-12)24-9-8-23-15/h1-7,10H,8-9,11H2,(H,21,22)/b7-5+. The Hall–Kier alpha value is -2.17. The Morgan fingerprint density at radius 3 is 2.75 bits per heavy atom. The minimum Gasteiger partial charge on any atom is -0.486 e. The Bertz CT molecular complexity index is 790. The van der Waals surface area contributed by atoms with Crippen LogP contribution in [0.5, 0.6) is 11.5 Å². The van der Waals surface area contributed by atoms with Gasteiger partial charge >= 0.3 is 0 Å². The van der Waals surface area contributed by atoms with Crippen molar-refractivity contribution >= 4 is 35.2 Å². The molecule has 1 amide bonds. The van der Waals surface area contributed by atoms with Crippen LogP contribution in [0.3, 0.4) is 0 Å². The topological polar surface area (TPSA) is 47.6 Å². The highest BCUT2D eigenvalue weighted by Crippen LogP contribution is 2.30. The monoisotopic (exact) mass is 363 g/mol. The molecule has 0 saturated heterocycles. The number of fused-ring (bicyclic) bond motifs is 1. The summed E-state index contributed by atoms with van der Waals surface area (Å²) in [4.78, 5) is 11.9. The van der Waals surface area contributed by atoms with Crippen LogP contribution in [0, 0.1) is 0 Å². The fourth-order valence-corrected chi connectivity index (χ4v) is 2.63. The number of nitrogens with one attached hydrogen (secondary N) is 1. The average molecular weight is 364 g/mol. The van der Waals surface area contributed by atoms with E-state index in [1.165, 1.54) is 6.08 Å². The second-order valence-electron chi connectivity index (χ2n) is 5.17. The number of benzene rings is 2. The molecule has 1 N–H and O–H groups in total. The molecule has 124 valence electrons. The first kappa shape index (κ1) is 16.7. The molecule has 0 fully saturated rings. The van der Waals surface area contributed by atoms with Gasteiger partial charge in [-0.1, -0.05) is 41.4 Å². The molecule has 0 unspecified atom stereocenters. The van der Waals surface area contributed by atoms with Gasteiger partial charge in [-0.3, -0.25) is 4.79 Å². The third-order valence-corrected chi connectivity index (χ3v) is 4.30. The first-order chi connectivity index (χ1) is 11.6. The Morgan fingerprint density at radius 1 is 1.12 bits per heavy atom. The summed E-state index contributed by atoms with van der Waals surface area (Å²) in [5.41, 5.74) is 1.63. The van der Waals surface area contributed by atoms with Gasteiger partial charge in [0.2, 0.25) is 5.91 Å². The third-order valence-electron chi connectivity index (χ3n) is 3.47. The molecule has 0 bridgehead atoms. The SMILES string of the molecule is O=C(/C=C/c1cccc(Cl)c1Cl)NCc1ccc2c(c1)OCCO2. The molecule has 4 nitrogen and oxygen atoms in total. The molecule has 6 heteroatoms. The molecular formula is C18H15Cl2NO3. The van der Waals surface area contributed by atoms with Gasteiger partial charge in [-0.2, -0.15) is 0 Å². The molecule has 1 aliphatic heterocycles. The van der Waals surface area contributed by atoms with E-state index >= 15 is 0 Å². The summed E-state index contributed by atoms with van der Waals surface area (Å²) in [5, 5.41) is 3.69. The molecule has 1 heterocycles. The van der Waals surface area contributed by atoms with Crippen LogP contribution in [0.4, 0.5) is 0 Å². The number of ether oxygens (including phenoxy) is 2. The van der Waals surface area contributed by atoms with Gasteiger partial charge in [-0.15, -0.1) is 0 Å². The van der Waals surface area contributed by atoms with Crippen LogP contribution in [-0.4, -0.2) is 19.1 Å². The number of hydrogen-bond acceptors (Lipinski definition) is 3. The van der Waals surface area contributed by atoms with E-state index in [4.69, 9.17) is 32.7 Å². The molecule has 0 spiro atoms. The van der Waals surface area contributed by atoms with Crippen LogP contribution in [0.1, 0.15) is 11.1 Å². The largest absolute Gasteiger partial charge is 0.486 e. The number of carbonyl (C=O) groups excluding carboxylic acids is 1. The second-order valence-corrected chi connectivity index (χ2v) is 5.96. The van der Waals surface area contributed by atoms with Crippen molar-refractivity contribution in [3.63, 3.8) is 0 Å². The van der Waals surface area contributed by atoms with E-state index in [2.05, 4.69) is 5.32 Å². The third kappa shape index (κ3) is 4.02. The fraction of sp³-hybridized carbons (Fsp3) is 0.167. The van der Waals surface area contributed by atoms with Crippen molar-refractivity contribution < 1.29 is 14.3 Å². The lowest BCUT2D eigenvalue weighted by molar-refractivity contribution is -0.116. The van der Waals surface area contributed by atoms with Gasteiger partial charge < -0.3 is 14.8 Å². The average Bonchev–Trinajstić information content (AvgIpc) is 2.61. The van der Waals surface area contributed by atoms with E-state index < -0.39 is 0 Å². The van der Waals surface area contributed by atoms with Crippen LogP contribution in [0.2, 0.25) is 10.0 Å². The van der Waals surface area contributed by atoms with Crippen molar-refractivity contribution in [3.05, 3.63) is 63.6 Å². The Morgan fingerprint density at radius 2 is 1.92 bits per heavy atom. The molecular weight excluding hydrogens is 349 g/mol. The lowest BCUT2D eigenvalue weighted by atomic mass is 10.2. The smallest absolute Gasteiger partial charge is 0.244 e. The first-order valence-electron chi connectivity index (χ1n) is 7.42. The minimum absolute atomic E-state index is 0.221. The molecule has 2 aromatic carbocycles. The van der Waals surface area contributed by atoms with Crippen LogP contribution >= 0.6 is 23.2 Å². The van der Waals surface area contributed by atoms with Gasteiger partial charge in [0.1, 0.15) is 13.2 Å². The normalized spacial score (nSPS) is 13.1. The van der Waals surface area contributed by atoms with Crippen molar-refractivity contribution in [1.29, 1.82) is 0 Å². The van der Waals surface area contributed by atoms with Gasteiger partial charge in [-0.05, 0) is 35.4 Å². The Balaban J connectivity index is 1.59. The lowest BCUT2D eigenvalue weighted by Gasteiger charge is -2.18. The summed E-state index contributed by atoms with van der Waals surface area (Å²) in [6.45, 7) is 1.48. The van der Waals surface area contributed by atoms with E-state index in [9.17, 15) is 4.79 Å². The van der Waals surface area contributed by atoms with Crippen molar-refractivity contribution in [2.24, 2.45) is 0 Å². The Labute approximate surface area is 150 Å². The molecule has 0 atom stereocenters. The minimum atomic E-state index is -0.221. The van der Waals surface area contributed by atoms with E-state index in [-0.39, 0.29) is 5.91 Å². The van der Waals surface area contributed by atoms with Gasteiger partial charge in [0.15, 0.2) is 11.5 Å². The molecule has 2 aromatic rings. The fourth-order valence-electron chi connectivity index (χ4n) is 2.26. The quantitative estimate of drug-likeness (QED) is 0.832. The lowest BCUT2D eigenvalue weighted by Crippen LogP contribution is -2.21. The molecule has 24 heavy (non-hydrogen) atoms. The summed E-state index contributed by atoms with van der Waals surface area (Å²) < 4.78 is 11.0.